The van der Waals surface area contributed by atoms with Crippen LogP contribution in [0, 0.1) is 0 Å². The molecule has 2 aromatic heterocycles. The number of fused-ring (bicyclic) bond motifs is 1. The predicted molar refractivity (Wildman–Crippen MR) is 104 cm³/mol. The van der Waals surface area contributed by atoms with Gasteiger partial charge in [-0.25, -0.2) is 4.68 Å². The van der Waals surface area contributed by atoms with Crippen molar-refractivity contribution in [3.05, 3.63) is 65.6 Å². The van der Waals surface area contributed by atoms with Gasteiger partial charge < -0.3 is 10.1 Å². The van der Waals surface area contributed by atoms with Crippen molar-refractivity contribution in [3.63, 3.8) is 0 Å². The van der Waals surface area contributed by atoms with Crippen LogP contribution in [0.25, 0.3) is 11.4 Å². The van der Waals surface area contributed by atoms with E-state index >= 15 is 0 Å². The van der Waals surface area contributed by atoms with E-state index in [-0.39, 0.29) is 11.8 Å². The van der Waals surface area contributed by atoms with Crippen LogP contribution < -0.4 is 10.1 Å². The standard InChI is InChI=1S/C21H19N5O2/c1-28-17-10-3-2-7-14(17)19-18-15(8-4-9-16(18)27)23-21-24-20(25-26(19)21)13-6-5-11-22-12-13/h2-3,5-7,10-12,19H,4,8-9H2,1H3,(H,23,24,25). The number of carbonyl (C=O) groups excluding carboxylic acids is 1. The van der Waals surface area contributed by atoms with Crippen LogP contribution in [-0.4, -0.2) is 32.6 Å². The summed E-state index contributed by atoms with van der Waals surface area (Å²) in [6.45, 7) is 0. The Morgan fingerprint density at radius 1 is 1.18 bits per heavy atom. The van der Waals surface area contributed by atoms with Crippen LogP contribution in [0.15, 0.2) is 60.1 Å². The number of nitrogens with zero attached hydrogens (tertiary/aromatic N) is 4. The topological polar surface area (TPSA) is 81.9 Å². The third-order valence-corrected chi connectivity index (χ3v) is 5.22. The van der Waals surface area contributed by atoms with Crippen LogP contribution in [0.2, 0.25) is 0 Å². The highest BCUT2D eigenvalue weighted by Gasteiger charge is 2.38. The number of pyridine rings is 1. The van der Waals surface area contributed by atoms with Gasteiger partial charge in [-0.15, -0.1) is 5.10 Å². The molecule has 1 N–H and O–H groups in total. The molecule has 3 heterocycles. The Kier molecular flexibility index (Phi) is 3.93. The number of carbonyl (C=O) groups is 1. The lowest BCUT2D eigenvalue weighted by Gasteiger charge is -2.32. The average Bonchev–Trinajstić information content (AvgIpc) is 3.17. The normalized spacial score (nSPS) is 18.3. The molecule has 140 valence electrons. The Labute approximate surface area is 162 Å². The van der Waals surface area contributed by atoms with Crippen molar-refractivity contribution in [1.82, 2.24) is 19.7 Å². The van der Waals surface area contributed by atoms with Gasteiger partial charge in [-0.3, -0.25) is 9.78 Å². The summed E-state index contributed by atoms with van der Waals surface area (Å²) in [4.78, 5) is 21.7. The van der Waals surface area contributed by atoms with E-state index < -0.39 is 0 Å². The van der Waals surface area contributed by atoms with E-state index in [0.717, 1.165) is 41.0 Å². The van der Waals surface area contributed by atoms with Crippen LogP contribution in [-0.2, 0) is 4.79 Å². The van der Waals surface area contributed by atoms with Crippen molar-refractivity contribution in [1.29, 1.82) is 0 Å². The minimum Gasteiger partial charge on any atom is -0.496 e. The number of rotatable bonds is 3. The monoisotopic (exact) mass is 373 g/mol. The van der Waals surface area contributed by atoms with E-state index in [9.17, 15) is 4.79 Å². The van der Waals surface area contributed by atoms with E-state index in [1.165, 1.54) is 0 Å². The third-order valence-electron chi connectivity index (χ3n) is 5.22. The van der Waals surface area contributed by atoms with Gasteiger partial charge in [-0.1, -0.05) is 18.2 Å². The zero-order valence-corrected chi connectivity index (χ0v) is 15.4. The maximum Gasteiger partial charge on any atom is 0.226 e. The summed E-state index contributed by atoms with van der Waals surface area (Å²) in [5, 5.41) is 8.08. The SMILES string of the molecule is COc1ccccc1C1C2=C(CCCC2=O)Nc2nc(-c3cccnc3)nn21. The molecule has 7 heteroatoms. The average molecular weight is 373 g/mol. The highest BCUT2D eigenvalue weighted by atomic mass is 16.5. The number of nitrogens with one attached hydrogen (secondary N) is 1. The molecule has 0 saturated carbocycles. The van der Waals surface area contributed by atoms with Gasteiger partial charge in [0.15, 0.2) is 11.6 Å². The molecular formula is C21H19N5O2. The van der Waals surface area contributed by atoms with E-state index in [1.54, 1.807) is 24.2 Å². The molecule has 5 rings (SSSR count). The van der Waals surface area contributed by atoms with Gasteiger partial charge in [0.2, 0.25) is 5.95 Å². The van der Waals surface area contributed by atoms with Crippen LogP contribution in [0.5, 0.6) is 5.75 Å². The Morgan fingerprint density at radius 2 is 2.07 bits per heavy atom. The quantitative estimate of drug-likeness (QED) is 0.758. The summed E-state index contributed by atoms with van der Waals surface area (Å²) in [5.74, 6) is 2.07. The van der Waals surface area contributed by atoms with Crippen LogP contribution in [0.4, 0.5) is 5.95 Å². The fourth-order valence-corrected chi connectivity index (χ4v) is 3.95. The number of allylic oxidation sites excluding steroid dienone is 2. The third kappa shape index (κ3) is 2.58. The molecule has 2 aliphatic rings. The fourth-order valence-electron chi connectivity index (χ4n) is 3.95. The summed E-state index contributed by atoms with van der Waals surface area (Å²) in [5.41, 5.74) is 3.42. The van der Waals surface area contributed by atoms with Crippen molar-refractivity contribution in [2.45, 2.75) is 25.3 Å². The molecular weight excluding hydrogens is 354 g/mol. The van der Waals surface area contributed by atoms with Crippen molar-refractivity contribution in [2.75, 3.05) is 12.4 Å². The predicted octanol–water partition coefficient (Wildman–Crippen LogP) is 3.37. The number of hydrogen-bond donors (Lipinski definition) is 1. The molecule has 0 saturated heterocycles. The highest BCUT2D eigenvalue weighted by Crippen LogP contribution is 2.43. The second-order valence-corrected chi connectivity index (χ2v) is 6.88. The molecule has 0 spiro atoms. The Morgan fingerprint density at radius 3 is 2.89 bits per heavy atom. The largest absolute Gasteiger partial charge is 0.496 e. The summed E-state index contributed by atoms with van der Waals surface area (Å²) < 4.78 is 7.39. The van der Waals surface area contributed by atoms with Gasteiger partial charge in [-0.05, 0) is 31.0 Å². The number of anilines is 1. The smallest absolute Gasteiger partial charge is 0.226 e. The number of para-hydroxylation sites is 1. The van der Waals surface area contributed by atoms with Gasteiger partial charge in [0.1, 0.15) is 11.8 Å². The van der Waals surface area contributed by atoms with Gasteiger partial charge in [0.05, 0.1) is 7.11 Å². The number of ether oxygens (including phenoxy) is 1. The van der Waals surface area contributed by atoms with Crippen molar-refractivity contribution in [3.8, 4) is 17.1 Å². The van der Waals surface area contributed by atoms with Crippen molar-refractivity contribution < 1.29 is 9.53 Å². The van der Waals surface area contributed by atoms with E-state index in [2.05, 4.69) is 15.3 Å². The van der Waals surface area contributed by atoms with Gasteiger partial charge >= 0.3 is 0 Å². The first-order valence-electron chi connectivity index (χ1n) is 9.29. The molecule has 1 aliphatic heterocycles. The number of methoxy groups -OCH3 is 1. The maximum atomic E-state index is 12.9. The molecule has 0 bridgehead atoms. The molecule has 0 amide bonds. The van der Waals surface area contributed by atoms with Gasteiger partial charge in [-0.2, -0.15) is 4.98 Å². The minimum absolute atomic E-state index is 0.147. The number of aromatic nitrogens is 4. The highest BCUT2D eigenvalue weighted by molar-refractivity contribution is 5.99. The van der Waals surface area contributed by atoms with Gasteiger partial charge in [0.25, 0.3) is 0 Å². The second-order valence-electron chi connectivity index (χ2n) is 6.88. The zero-order chi connectivity index (χ0) is 19.1. The van der Waals surface area contributed by atoms with Crippen LogP contribution >= 0.6 is 0 Å². The number of Topliss-reactive ketones (excluding diaryl/α,β-unsaturated/α-hetero) is 1. The summed E-state index contributed by atoms with van der Waals surface area (Å²) >= 11 is 0. The summed E-state index contributed by atoms with van der Waals surface area (Å²) in [7, 11) is 1.64. The number of benzene rings is 1. The molecule has 1 aromatic carbocycles. The summed E-state index contributed by atoms with van der Waals surface area (Å²) in [6, 6.07) is 11.2. The van der Waals surface area contributed by atoms with E-state index in [4.69, 9.17) is 9.84 Å². The summed E-state index contributed by atoms with van der Waals surface area (Å²) in [6.07, 6.45) is 5.66. The van der Waals surface area contributed by atoms with Crippen LogP contribution in [0.3, 0.4) is 0 Å². The Bertz CT molecular complexity index is 1090. The maximum absolute atomic E-state index is 12.9. The molecule has 1 aliphatic carbocycles. The van der Waals surface area contributed by atoms with Crippen molar-refractivity contribution in [2.24, 2.45) is 0 Å². The fraction of sp³-hybridized carbons (Fsp3) is 0.238. The van der Waals surface area contributed by atoms with Gasteiger partial charge in [0, 0.05) is 41.2 Å². The molecule has 28 heavy (non-hydrogen) atoms. The second kappa shape index (κ2) is 6.60. The van der Waals surface area contributed by atoms with E-state index in [1.807, 2.05) is 36.4 Å². The minimum atomic E-state index is -0.367. The van der Waals surface area contributed by atoms with Crippen molar-refractivity contribution >= 4 is 11.7 Å². The molecule has 1 atom stereocenters. The number of ketones is 1. The lowest BCUT2D eigenvalue weighted by atomic mass is 9.85. The molecule has 0 fully saturated rings. The lowest BCUT2D eigenvalue weighted by molar-refractivity contribution is -0.116. The molecule has 3 aromatic rings. The van der Waals surface area contributed by atoms with Crippen LogP contribution in [0.1, 0.15) is 30.9 Å². The molecule has 0 radical (unpaired) electrons. The number of hydrogen-bond acceptors (Lipinski definition) is 6. The lowest BCUT2D eigenvalue weighted by Crippen LogP contribution is -2.31. The molecule has 7 nitrogen and oxygen atoms in total. The first-order chi connectivity index (χ1) is 13.8. The Hall–Kier alpha value is -3.48. The first kappa shape index (κ1) is 16.7. The van der Waals surface area contributed by atoms with E-state index in [0.29, 0.717) is 18.2 Å². The Balaban J connectivity index is 1.72. The zero-order valence-electron chi connectivity index (χ0n) is 15.4. The first-order valence-corrected chi connectivity index (χ1v) is 9.29. The molecule has 1 unspecified atom stereocenters.